The molecule has 1 fully saturated rings. The van der Waals surface area contributed by atoms with E-state index in [9.17, 15) is 9.18 Å². The van der Waals surface area contributed by atoms with E-state index in [1.807, 2.05) is 17.9 Å². The van der Waals surface area contributed by atoms with Gasteiger partial charge in [-0.05, 0) is 36.6 Å². The quantitative estimate of drug-likeness (QED) is 0.908. The van der Waals surface area contributed by atoms with Crippen molar-refractivity contribution in [3.8, 4) is 0 Å². The Morgan fingerprint density at radius 2 is 2.21 bits per heavy atom. The number of nitrogens with one attached hydrogen (secondary N) is 1. The number of carbonyl (C=O) groups excluding carboxylic acids is 1. The van der Waals surface area contributed by atoms with E-state index in [1.54, 1.807) is 6.07 Å². The van der Waals surface area contributed by atoms with Gasteiger partial charge in [0.05, 0.1) is 6.54 Å². The van der Waals surface area contributed by atoms with Gasteiger partial charge in [-0.1, -0.05) is 20.3 Å². The highest BCUT2D eigenvalue weighted by Gasteiger charge is 2.29. The van der Waals surface area contributed by atoms with Crippen LogP contribution in [0.4, 0.5) is 4.39 Å². The molecular formula is C19H25FN2O2. The maximum Gasteiger partial charge on any atom is 0.222 e. The zero-order valence-electron chi connectivity index (χ0n) is 14.3. The van der Waals surface area contributed by atoms with E-state index in [4.69, 9.17) is 4.42 Å². The third kappa shape index (κ3) is 3.61. The molecule has 1 aliphatic heterocycles. The van der Waals surface area contributed by atoms with Crippen molar-refractivity contribution in [2.45, 2.75) is 45.7 Å². The van der Waals surface area contributed by atoms with Gasteiger partial charge in [-0.3, -0.25) is 4.79 Å². The predicted molar refractivity (Wildman–Crippen MR) is 92.1 cm³/mol. The zero-order chi connectivity index (χ0) is 17.1. The van der Waals surface area contributed by atoms with Crippen LogP contribution in [0.15, 0.2) is 28.7 Å². The maximum atomic E-state index is 13.3. The largest absolute Gasteiger partial charge is 0.460 e. The summed E-state index contributed by atoms with van der Waals surface area (Å²) >= 11 is 0. The van der Waals surface area contributed by atoms with Crippen molar-refractivity contribution in [1.82, 2.24) is 10.2 Å². The van der Waals surface area contributed by atoms with E-state index in [1.165, 1.54) is 12.1 Å². The molecule has 0 saturated carbocycles. The Morgan fingerprint density at radius 3 is 2.96 bits per heavy atom. The van der Waals surface area contributed by atoms with E-state index in [0.717, 1.165) is 37.1 Å². The number of benzene rings is 1. The van der Waals surface area contributed by atoms with Gasteiger partial charge >= 0.3 is 0 Å². The van der Waals surface area contributed by atoms with Crippen LogP contribution in [0.2, 0.25) is 0 Å². The molecule has 5 heteroatoms. The first-order valence-corrected chi connectivity index (χ1v) is 8.79. The van der Waals surface area contributed by atoms with Gasteiger partial charge in [0.15, 0.2) is 0 Å². The summed E-state index contributed by atoms with van der Waals surface area (Å²) in [5.41, 5.74) is 0.712. The number of hydrogen-bond acceptors (Lipinski definition) is 3. The van der Waals surface area contributed by atoms with Crippen LogP contribution in [0.25, 0.3) is 11.0 Å². The number of halogens is 1. The fourth-order valence-corrected chi connectivity index (χ4v) is 3.55. The number of rotatable bonds is 5. The molecule has 1 aromatic heterocycles. The summed E-state index contributed by atoms with van der Waals surface area (Å²) in [4.78, 5) is 13.9. The fraction of sp³-hybridized carbons (Fsp3) is 0.526. The second-order valence-electron chi connectivity index (χ2n) is 6.53. The predicted octanol–water partition coefficient (Wildman–Crippen LogP) is 3.70. The minimum absolute atomic E-state index is 0.242. The molecule has 2 unspecified atom stereocenters. The molecule has 1 saturated heterocycles. The molecule has 0 spiro atoms. The monoisotopic (exact) mass is 332 g/mol. The molecule has 2 atom stereocenters. The Labute approximate surface area is 142 Å². The molecule has 4 nitrogen and oxygen atoms in total. The lowest BCUT2D eigenvalue weighted by atomic mass is 9.89. The Balaban J connectivity index is 1.61. The number of hydrogen-bond donors (Lipinski definition) is 1. The first kappa shape index (κ1) is 17.0. The average molecular weight is 332 g/mol. The summed E-state index contributed by atoms with van der Waals surface area (Å²) in [6.45, 7) is 6.35. The molecule has 1 aliphatic rings. The summed E-state index contributed by atoms with van der Waals surface area (Å²) in [7, 11) is 0. The second-order valence-corrected chi connectivity index (χ2v) is 6.53. The minimum Gasteiger partial charge on any atom is -0.460 e. The third-order valence-corrected chi connectivity index (χ3v) is 4.98. The molecule has 24 heavy (non-hydrogen) atoms. The number of likely N-dealkylation sites (tertiary alicyclic amines) is 1. The first-order valence-electron chi connectivity index (χ1n) is 8.79. The lowest BCUT2D eigenvalue weighted by molar-refractivity contribution is -0.133. The molecule has 1 N–H and O–H groups in total. The summed E-state index contributed by atoms with van der Waals surface area (Å²) in [5, 5.41) is 4.36. The van der Waals surface area contributed by atoms with Gasteiger partial charge in [0.2, 0.25) is 5.91 Å². The highest BCUT2D eigenvalue weighted by molar-refractivity contribution is 5.77. The molecule has 130 valence electrons. The average Bonchev–Trinajstić information content (AvgIpc) is 3.01. The Bertz CT molecular complexity index is 712. The lowest BCUT2D eigenvalue weighted by Gasteiger charge is -2.38. The molecule has 0 radical (unpaired) electrons. The Morgan fingerprint density at radius 1 is 1.38 bits per heavy atom. The number of nitrogens with zero attached hydrogens (tertiary/aromatic N) is 1. The lowest BCUT2D eigenvalue weighted by Crippen LogP contribution is -2.50. The van der Waals surface area contributed by atoms with Crippen LogP contribution in [0, 0.1) is 11.7 Å². The molecule has 0 aliphatic carbocycles. The van der Waals surface area contributed by atoms with Crippen molar-refractivity contribution < 1.29 is 13.6 Å². The van der Waals surface area contributed by atoms with Crippen molar-refractivity contribution in [1.29, 1.82) is 0 Å². The molecular weight excluding hydrogens is 307 g/mol. The van der Waals surface area contributed by atoms with E-state index in [-0.39, 0.29) is 11.7 Å². The highest BCUT2D eigenvalue weighted by atomic mass is 19.1. The Kier molecular flexibility index (Phi) is 5.19. The number of amides is 1. The summed E-state index contributed by atoms with van der Waals surface area (Å²) in [6, 6.07) is 6.84. The number of fused-ring (bicyclic) bond motifs is 1. The van der Waals surface area contributed by atoms with E-state index in [0.29, 0.717) is 30.5 Å². The van der Waals surface area contributed by atoms with Crippen LogP contribution >= 0.6 is 0 Å². The van der Waals surface area contributed by atoms with Gasteiger partial charge in [0.25, 0.3) is 0 Å². The highest BCUT2D eigenvalue weighted by Crippen LogP contribution is 2.23. The fourth-order valence-electron chi connectivity index (χ4n) is 3.55. The van der Waals surface area contributed by atoms with Crippen molar-refractivity contribution in [3.05, 3.63) is 35.8 Å². The van der Waals surface area contributed by atoms with Gasteiger partial charge < -0.3 is 14.6 Å². The maximum absolute atomic E-state index is 13.3. The smallest absolute Gasteiger partial charge is 0.222 e. The molecule has 0 bridgehead atoms. The zero-order valence-corrected chi connectivity index (χ0v) is 14.3. The summed E-state index contributed by atoms with van der Waals surface area (Å²) in [5.74, 6) is 1.27. The molecule has 3 rings (SSSR count). The number of carbonyl (C=O) groups is 1. The van der Waals surface area contributed by atoms with Gasteiger partial charge in [-0.2, -0.15) is 0 Å². The minimum atomic E-state index is -0.248. The number of furan rings is 1. The molecule has 2 heterocycles. The van der Waals surface area contributed by atoms with Crippen LogP contribution in [-0.2, 0) is 11.3 Å². The van der Waals surface area contributed by atoms with Crippen LogP contribution in [-0.4, -0.2) is 29.9 Å². The topological polar surface area (TPSA) is 45.5 Å². The van der Waals surface area contributed by atoms with E-state index < -0.39 is 0 Å². The summed E-state index contributed by atoms with van der Waals surface area (Å²) in [6.07, 6.45) is 2.57. The van der Waals surface area contributed by atoms with Gasteiger partial charge in [-0.25, -0.2) is 4.39 Å². The Hall–Kier alpha value is -1.88. The van der Waals surface area contributed by atoms with Gasteiger partial charge in [-0.15, -0.1) is 0 Å². The summed E-state index contributed by atoms with van der Waals surface area (Å²) < 4.78 is 19.0. The van der Waals surface area contributed by atoms with Crippen molar-refractivity contribution in [3.63, 3.8) is 0 Å². The second kappa shape index (κ2) is 7.34. The van der Waals surface area contributed by atoms with Crippen molar-refractivity contribution >= 4 is 16.9 Å². The first-order chi connectivity index (χ1) is 11.6. The van der Waals surface area contributed by atoms with Gasteiger partial charge in [0.1, 0.15) is 17.2 Å². The van der Waals surface area contributed by atoms with E-state index in [2.05, 4.69) is 12.2 Å². The molecule has 1 aromatic carbocycles. The van der Waals surface area contributed by atoms with Crippen LogP contribution in [0.5, 0.6) is 0 Å². The normalized spacial score (nSPS) is 21.4. The molecule has 1 amide bonds. The standard InChI is InChI=1S/C19H25FN2O2/c1-3-13-12-22(19(23)4-2)8-7-17(13)21-11-16-10-14-9-15(20)5-6-18(14)24-16/h5-6,9-10,13,17,21H,3-4,7-8,11-12H2,1-2H3. The van der Waals surface area contributed by atoms with Crippen LogP contribution < -0.4 is 5.32 Å². The molecule has 2 aromatic rings. The van der Waals surface area contributed by atoms with Crippen LogP contribution in [0.3, 0.4) is 0 Å². The SMILES string of the molecule is CCC(=O)N1CCC(NCc2cc3cc(F)ccc3o2)C(CC)C1. The third-order valence-electron chi connectivity index (χ3n) is 4.98. The van der Waals surface area contributed by atoms with Gasteiger partial charge in [0, 0.05) is 30.9 Å². The van der Waals surface area contributed by atoms with Crippen LogP contribution in [0.1, 0.15) is 38.9 Å². The van der Waals surface area contributed by atoms with Crippen molar-refractivity contribution in [2.75, 3.05) is 13.1 Å². The van der Waals surface area contributed by atoms with E-state index >= 15 is 0 Å². The van der Waals surface area contributed by atoms with Crippen molar-refractivity contribution in [2.24, 2.45) is 5.92 Å². The number of piperidine rings is 1.